The number of nitrogens with zero attached hydrogens (tertiary/aromatic N) is 2. The van der Waals surface area contributed by atoms with Gasteiger partial charge in [0.2, 0.25) is 5.95 Å². The number of nitrogen functional groups attached to an aromatic ring is 1. The third-order valence-electron chi connectivity index (χ3n) is 2.95. The Morgan fingerprint density at radius 3 is 2.94 bits per heavy atom. The Kier molecular flexibility index (Phi) is 2.81. The van der Waals surface area contributed by atoms with E-state index in [1.54, 1.807) is 6.07 Å². The van der Waals surface area contributed by atoms with E-state index >= 15 is 0 Å². The third-order valence-corrected chi connectivity index (χ3v) is 2.95. The first-order valence-electron chi connectivity index (χ1n) is 5.53. The molecule has 0 aliphatic heterocycles. The molecule has 0 saturated carbocycles. The van der Waals surface area contributed by atoms with E-state index in [0.29, 0.717) is 17.4 Å². The Morgan fingerprint density at radius 1 is 1.50 bits per heavy atom. The topological polar surface area (TPSA) is 43.8 Å². The predicted octanol–water partition coefficient (Wildman–Crippen LogP) is 2.80. The zero-order valence-electron chi connectivity index (χ0n) is 9.57. The minimum absolute atomic E-state index is 0.313. The molecule has 2 N–H and O–H groups in total. The number of anilines is 1. The summed E-state index contributed by atoms with van der Waals surface area (Å²) in [6, 6.07) is 4.94. The Bertz CT molecular complexity index is 504. The van der Waals surface area contributed by atoms with Crippen LogP contribution in [0.5, 0.6) is 0 Å². The molecule has 3 nitrogen and oxygen atoms in total. The highest BCUT2D eigenvalue weighted by Crippen LogP contribution is 2.22. The van der Waals surface area contributed by atoms with Crippen LogP contribution in [0, 0.1) is 11.7 Å². The normalized spacial score (nSPS) is 13.2. The van der Waals surface area contributed by atoms with Crippen LogP contribution in [-0.2, 0) is 6.54 Å². The number of nitrogens with two attached hydrogens (primary N) is 1. The van der Waals surface area contributed by atoms with Gasteiger partial charge in [-0.3, -0.25) is 0 Å². The fraction of sp³-hybridized carbons (Fsp3) is 0.417. The summed E-state index contributed by atoms with van der Waals surface area (Å²) in [5.74, 6) is 0.579. The van der Waals surface area contributed by atoms with Crippen molar-refractivity contribution >= 4 is 17.0 Å². The lowest BCUT2D eigenvalue weighted by atomic mass is 10.1. The van der Waals surface area contributed by atoms with Gasteiger partial charge in [-0.2, -0.15) is 0 Å². The van der Waals surface area contributed by atoms with Gasteiger partial charge >= 0.3 is 0 Å². The maximum atomic E-state index is 13.5. The van der Waals surface area contributed by atoms with E-state index in [0.717, 1.165) is 18.5 Å². The second-order valence-corrected chi connectivity index (χ2v) is 4.20. The molecule has 86 valence electrons. The number of imidazole rings is 1. The van der Waals surface area contributed by atoms with E-state index in [4.69, 9.17) is 5.73 Å². The first kappa shape index (κ1) is 10.9. The lowest BCUT2D eigenvalue weighted by molar-refractivity contribution is 0.479. The molecule has 0 bridgehead atoms. The van der Waals surface area contributed by atoms with Crippen LogP contribution in [0.25, 0.3) is 11.0 Å². The second kappa shape index (κ2) is 4.12. The molecule has 0 saturated heterocycles. The van der Waals surface area contributed by atoms with Gasteiger partial charge in [-0.25, -0.2) is 9.37 Å². The summed E-state index contributed by atoms with van der Waals surface area (Å²) in [4.78, 5) is 4.07. The van der Waals surface area contributed by atoms with Crippen LogP contribution in [-0.4, -0.2) is 9.55 Å². The Hall–Kier alpha value is -1.58. The van der Waals surface area contributed by atoms with Crippen molar-refractivity contribution < 1.29 is 4.39 Å². The highest BCUT2D eigenvalue weighted by Gasteiger charge is 2.12. The number of benzene rings is 1. The van der Waals surface area contributed by atoms with Crippen LogP contribution in [0.4, 0.5) is 10.3 Å². The Labute approximate surface area is 94.1 Å². The molecule has 1 atom stereocenters. The fourth-order valence-electron chi connectivity index (χ4n) is 1.76. The number of hydrogen-bond donors (Lipinski definition) is 1. The molecule has 0 aliphatic carbocycles. The van der Waals surface area contributed by atoms with Crippen LogP contribution in [0.3, 0.4) is 0 Å². The monoisotopic (exact) mass is 221 g/mol. The molecule has 1 aromatic heterocycles. The van der Waals surface area contributed by atoms with E-state index in [9.17, 15) is 4.39 Å². The lowest BCUT2D eigenvalue weighted by Gasteiger charge is -2.11. The molecule has 0 aliphatic rings. The maximum Gasteiger partial charge on any atom is 0.201 e. The number of fused-ring (bicyclic) bond motifs is 1. The number of hydrogen-bond acceptors (Lipinski definition) is 2. The predicted molar refractivity (Wildman–Crippen MR) is 63.6 cm³/mol. The van der Waals surface area contributed by atoms with Gasteiger partial charge in [-0.05, 0) is 18.1 Å². The summed E-state index contributed by atoms with van der Waals surface area (Å²) in [6.45, 7) is 5.05. The number of aromatic nitrogens is 2. The zero-order valence-corrected chi connectivity index (χ0v) is 9.57. The third kappa shape index (κ3) is 1.75. The molecule has 4 heteroatoms. The van der Waals surface area contributed by atoms with E-state index < -0.39 is 0 Å². The summed E-state index contributed by atoms with van der Waals surface area (Å²) in [5.41, 5.74) is 6.95. The van der Waals surface area contributed by atoms with Gasteiger partial charge in [0.15, 0.2) is 5.82 Å². The second-order valence-electron chi connectivity index (χ2n) is 4.20. The molecule has 2 rings (SSSR count). The summed E-state index contributed by atoms with van der Waals surface area (Å²) in [7, 11) is 0. The van der Waals surface area contributed by atoms with Crippen LogP contribution in [0.2, 0.25) is 0 Å². The summed E-state index contributed by atoms with van der Waals surface area (Å²) >= 11 is 0. The average molecular weight is 221 g/mol. The van der Waals surface area contributed by atoms with Crippen molar-refractivity contribution in [3.63, 3.8) is 0 Å². The first-order chi connectivity index (χ1) is 7.63. The molecule has 1 aromatic carbocycles. The van der Waals surface area contributed by atoms with Crippen molar-refractivity contribution in [2.75, 3.05) is 5.73 Å². The molecule has 0 fully saturated rings. The van der Waals surface area contributed by atoms with Crippen molar-refractivity contribution in [2.24, 2.45) is 5.92 Å². The van der Waals surface area contributed by atoms with Crippen LogP contribution >= 0.6 is 0 Å². The van der Waals surface area contributed by atoms with Gasteiger partial charge < -0.3 is 10.3 Å². The highest BCUT2D eigenvalue weighted by molar-refractivity contribution is 5.78. The number of para-hydroxylation sites is 1. The number of halogens is 1. The van der Waals surface area contributed by atoms with Crippen molar-refractivity contribution in [1.82, 2.24) is 9.55 Å². The van der Waals surface area contributed by atoms with Crippen molar-refractivity contribution in [3.05, 3.63) is 24.0 Å². The van der Waals surface area contributed by atoms with Gasteiger partial charge in [0.25, 0.3) is 0 Å². The van der Waals surface area contributed by atoms with Crippen LogP contribution in [0.15, 0.2) is 18.2 Å². The molecular weight excluding hydrogens is 205 g/mol. The first-order valence-corrected chi connectivity index (χ1v) is 5.53. The summed E-state index contributed by atoms with van der Waals surface area (Å²) < 4.78 is 15.3. The molecule has 2 aromatic rings. The molecule has 0 radical (unpaired) electrons. The smallest absolute Gasteiger partial charge is 0.201 e. The molecular formula is C12H16FN3. The minimum Gasteiger partial charge on any atom is -0.369 e. The quantitative estimate of drug-likeness (QED) is 0.866. The lowest BCUT2D eigenvalue weighted by Crippen LogP contribution is -2.09. The SMILES string of the molecule is CCC(C)Cn1c(N)nc2c(F)cccc21. The van der Waals surface area contributed by atoms with E-state index in [1.807, 2.05) is 10.6 Å². The highest BCUT2D eigenvalue weighted by atomic mass is 19.1. The van der Waals surface area contributed by atoms with E-state index in [-0.39, 0.29) is 5.82 Å². The van der Waals surface area contributed by atoms with E-state index in [2.05, 4.69) is 18.8 Å². The molecule has 1 heterocycles. The van der Waals surface area contributed by atoms with Gasteiger partial charge in [-0.15, -0.1) is 0 Å². The van der Waals surface area contributed by atoms with Gasteiger partial charge in [0, 0.05) is 6.54 Å². The van der Waals surface area contributed by atoms with Gasteiger partial charge in [0.05, 0.1) is 5.52 Å². The molecule has 16 heavy (non-hydrogen) atoms. The van der Waals surface area contributed by atoms with Crippen molar-refractivity contribution in [2.45, 2.75) is 26.8 Å². The molecule has 0 amide bonds. The summed E-state index contributed by atoms with van der Waals surface area (Å²) in [5, 5.41) is 0. The maximum absolute atomic E-state index is 13.5. The summed E-state index contributed by atoms with van der Waals surface area (Å²) in [6.07, 6.45) is 1.06. The fourth-order valence-corrected chi connectivity index (χ4v) is 1.76. The van der Waals surface area contributed by atoms with Crippen LogP contribution in [0.1, 0.15) is 20.3 Å². The van der Waals surface area contributed by atoms with Gasteiger partial charge in [-0.1, -0.05) is 26.3 Å². The van der Waals surface area contributed by atoms with Crippen molar-refractivity contribution in [3.8, 4) is 0 Å². The molecule has 1 unspecified atom stereocenters. The van der Waals surface area contributed by atoms with Crippen molar-refractivity contribution in [1.29, 1.82) is 0 Å². The minimum atomic E-state index is -0.313. The van der Waals surface area contributed by atoms with E-state index in [1.165, 1.54) is 6.07 Å². The Balaban J connectivity index is 2.52. The number of rotatable bonds is 3. The zero-order chi connectivity index (χ0) is 11.7. The molecule has 0 spiro atoms. The standard InChI is InChI=1S/C12H16FN3/c1-3-8(2)7-16-10-6-4-5-9(13)11(10)15-12(16)14/h4-6,8H,3,7H2,1-2H3,(H2,14,15). The van der Waals surface area contributed by atoms with Gasteiger partial charge in [0.1, 0.15) is 5.52 Å². The Morgan fingerprint density at radius 2 is 2.25 bits per heavy atom. The largest absolute Gasteiger partial charge is 0.369 e. The van der Waals surface area contributed by atoms with Crippen LogP contribution < -0.4 is 5.73 Å². The average Bonchev–Trinajstić information content (AvgIpc) is 2.58.